The second kappa shape index (κ2) is 4.88. The number of carboxylic acid groups (broad SMARTS) is 1. The fraction of sp³-hybridized carbons (Fsp3) is 0.300. The number of carbonyl (C=O) groups is 1. The molecule has 1 aromatic carbocycles. The highest BCUT2D eigenvalue weighted by atomic mass is 16.4. The van der Waals surface area contributed by atoms with Crippen molar-refractivity contribution in [2.75, 3.05) is 0 Å². The minimum atomic E-state index is -1.17. The van der Waals surface area contributed by atoms with E-state index in [0.29, 0.717) is 5.56 Å². The Labute approximate surface area is 86.2 Å². The maximum Gasteiger partial charge on any atom is 0.336 e. The second-order valence-electron chi connectivity index (χ2n) is 3.01. The van der Waals surface area contributed by atoms with E-state index >= 15 is 0 Å². The zero-order valence-electron chi connectivity index (χ0n) is 7.97. The normalized spacial score (nSPS) is 10.3. The first-order valence-corrected chi connectivity index (χ1v) is 4.35. The van der Waals surface area contributed by atoms with Crippen molar-refractivity contribution in [1.29, 1.82) is 0 Å². The standard InChI is InChI=1S/C10H12O5/c11-3-6-1-2-7(10(14)15)9(5-13)8(6)4-12/h1-2,11-13H,3-5H2,(H,14,15). The van der Waals surface area contributed by atoms with Crippen LogP contribution in [0, 0.1) is 0 Å². The minimum absolute atomic E-state index is 0.0567. The van der Waals surface area contributed by atoms with Crippen molar-refractivity contribution in [2.24, 2.45) is 0 Å². The molecule has 0 radical (unpaired) electrons. The van der Waals surface area contributed by atoms with E-state index in [-0.39, 0.29) is 23.3 Å². The Hall–Kier alpha value is -1.43. The summed E-state index contributed by atoms with van der Waals surface area (Å²) >= 11 is 0. The van der Waals surface area contributed by atoms with E-state index in [0.717, 1.165) is 0 Å². The van der Waals surface area contributed by atoms with Gasteiger partial charge in [-0.2, -0.15) is 0 Å². The summed E-state index contributed by atoms with van der Waals surface area (Å²) in [5, 5.41) is 35.9. The molecule has 5 heteroatoms. The Balaban J connectivity index is 3.40. The lowest BCUT2D eigenvalue weighted by molar-refractivity contribution is 0.0692. The van der Waals surface area contributed by atoms with Crippen molar-refractivity contribution >= 4 is 5.97 Å². The van der Waals surface area contributed by atoms with Gasteiger partial charge in [0.2, 0.25) is 0 Å². The lowest BCUT2D eigenvalue weighted by atomic mass is 9.97. The highest BCUT2D eigenvalue weighted by Gasteiger charge is 2.15. The summed E-state index contributed by atoms with van der Waals surface area (Å²) in [5.41, 5.74) is 0.793. The monoisotopic (exact) mass is 212 g/mol. The number of aliphatic hydroxyl groups excluding tert-OH is 3. The highest BCUT2D eigenvalue weighted by molar-refractivity contribution is 5.90. The number of rotatable bonds is 4. The minimum Gasteiger partial charge on any atom is -0.478 e. The molecule has 1 aromatic rings. The summed E-state index contributed by atoms with van der Waals surface area (Å²) < 4.78 is 0. The molecule has 0 saturated carbocycles. The van der Waals surface area contributed by atoms with Gasteiger partial charge in [-0.1, -0.05) is 6.07 Å². The average molecular weight is 212 g/mol. The van der Waals surface area contributed by atoms with Crippen molar-refractivity contribution in [3.8, 4) is 0 Å². The summed E-state index contributed by atoms with van der Waals surface area (Å²) in [7, 11) is 0. The Bertz CT molecular complexity index is 372. The molecule has 5 nitrogen and oxygen atoms in total. The zero-order valence-corrected chi connectivity index (χ0v) is 7.97. The third-order valence-electron chi connectivity index (χ3n) is 2.25. The molecule has 0 aliphatic carbocycles. The molecular formula is C10H12O5. The second-order valence-corrected chi connectivity index (χ2v) is 3.01. The van der Waals surface area contributed by atoms with Gasteiger partial charge in [0, 0.05) is 0 Å². The molecule has 0 bridgehead atoms. The van der Waals surface area contributed by atoms with Crippen molar-refractivity contribution in [2.45, 2.75) is 19.8 Å². The van der Waals surface area contributed by atoms with Gasteiger partial charge < -0.3 is 20.4 Å². The summed E-state index contributed by atoms with van der Waals surface area (Å²) in [6, 6.07) is 2.73. The number of carboxylic acids is 1. The van der Waals surface area contributed by atoms with Crippen LogP contribution >= 0.6 is 0 Å². The molecule has 0 aliphatic rings. The van der Waals surface area contributed by atoms with E-state index in [2.05, 4.69) is 0 Å². The molecular weight excluding hydrogens is 200 g/mol. The Morgan fingerprint density at radius 3 is 2.00 bits per heavy atom. The summed E-state index contributed by atoms with van der Waals surface area (Å²) in [6.07, 6.45) is 0. The highest BCUT2D eigenvalue weighted by Crippen LogP contribution is 2.20. The van der Waals surface area contributed by atoms with Gasteiger partial charge in [-0.15, -0.1) is 0 Å². The number of aliphatic hydroxyl groups is 3. The van der Waals surface area contributed by atoms with Crippen LogP contribution in [0.25, 0.3) is 0 Å². The van der Waals surface area contributed by atoms with Gasteiger partial charge in [0.05, 0.1) is 25.4 Å². The van der Waals surface area contributed by atoms with Crippen LogP contribution in [-0.2, 0) is 19.8 Å². The molecule has 15 heavy (non-hydrogen) atoms. The lowest BCUT2D eigenvalue weighted by Crippen LogP contribution is -2.09. The predicted molar refractivity (Wildman–Crippen MR) is 51.2 cm³/mol. The third kappa shape index (κ3) is 2.15. The van der Waals surface area contributed by atoms with E-state index < -0.39 is 19.2 Å². The SMILES string of the molecule is O=C(O)c1ccc(CO)c(CO)c1CO. The fourth-order valence-corrected chi connectivity index (χ4v) is 1.47. The van der Waals surface area contributed by atoms with Gasteiger partial charge in [-0.25, -0.2) is 4.79 Å². The number of hydrogen-bond acceptors (Lipinski definition) is 4. The van der Waals surface area contributed by atoms with E-state index in [4.69, 9.17) is 20.4 Å². The maximum atomic E-state index is 10.8. The molecule has 0 heterocycles. The van der Waals surface area contributed by atoms with E-state index in [9.17, 15) is 4.79 Å². The van der Waals surface area contributed by atoms with Gasteiger partial charge >= 0.3 is 5.97 Å². The zero-order chi connectivity index (χ0) is 11.4. The first-order valence-electron chi connectivity index (χ1n) is 4.35. The fourth-order valence-electron chi connectivity index (χ4n) is 1.47. The van der Waals surface area contributed by atoms with Crippen LogP contribution in [-0.4, -0.2) is 26.4 Å². The molecule has 0 fully saturated rings. The van der Waals surface area contributed by atoms with Crippen molar-refractivity contribution < 1.29 is 25.2 Å². The largest absolute Gasteiger partial charge is 0.478 e. The van der Waals surface area contributed by atoms with Gasteiger partial charge in [0.25, 0.3) is 0 Å². The van der Waals surface area contributed by atoms with Crippen molar-refractivity contribution in [3.05, 3.63) is 34.4 Å². The van der Waals surface area contributed by atoms with Crippen LogP contribution < -0.4 is 0 Å². The topological polar surface area (TPSA) is 98.0 Å². The molecule has 0 atom stereocenters. The Morgan fingerprint density at radius 1 is 1.00 bits per heavy atom. The van der Waals surface area contributed by atoms with Crippen LogP contribution in [0.2, 0.25) is 0 Å². The molecule has 4 N–H and O–H groups in total. The van der Waals surface area contributed by atoms with Gasteiger partial charge in [-0.05, 0) is 22.8 Å². The molecule has 0 aromatic heterocycles. The quantitative estimate of drug-likeness (QED) is 0.557. The summed E-state index contributed by atoms with van der Waals surface area (Å²) in [6.45, 7) is -1.19. The molecule has 0 saturated heterocycles. The maximum absolute atomic E-state index is 10.8. The van der Waals surface area contributed by atoms with Crippen molar-refractivity contribution in [3.63, 3.8) is 0 Å². The van der Waals surface area contributed by atoms with Crippen LogP contribution in [0.15, 0.2) is 12.1 Å². The summed E-state index contributed by atoms with van der Waals surface area (Å²) in [4.78, 5) is 10.8. The smallest absolute Gasteiger partial charge is 0.336 e. The Kier molecular flexibility index (Phi) is 3.79. The molecule has 0 aliphatic heterocycles. The summed E-state index contributed by atoms with van der Waals surface area (Å²) in [5.74, 6) is -1.17. The first-order chi connectivity index (χ1) is 7.15. The first kappa shape index (κ1) is 11.6. The lowest BCUT2D eigenvalue weighted by Gasteiger charge is -2.12. The number of benzene rings is 1. The average Bonchev–Trinajstić information content (AvgIpc) is 2.26. The number of aromatic carboxylic acids is 1. The predicted octanol–water partition coefficient (Wildman–Crippen LogP) is -0.138. The van der Waals surface area contributed by atoms with Crippen LogP contribution in [0.5, 0.6) is 0 Å². The van der Waals surface area contributed by atoms with E-state index in [1.165, 1.54) is 12.1 Å². The van der Waals surface area contributed by atoms with Crippen molar-refractivity contribution in [1.82, 2.24) is 0 Å². The Morgan fingerprint density at radius 2 is 1.60 bits per heavy atom. The molecule has 0 amide bonds. The van der Waals surface area contributed by atoms with Crippen LogP contribution in [0.1, 0.15) is 27.0 Å². The molecule has 0 unspecified atom stereocenters. The van der Waals surface area contributed by atoms with Crippen LogP contribution in [0.3, 0.4) is 0 Å². The molecule has 82 valence electrons. The molecule has 1 rings (SSSR count). The third-order valence-corrected chi connectivity index (χ3v) is 2.25. The van der Waals surface area contributed by atoms with Gasteiger partial charge in [0.15, 0.2) is 0 Å². The van der Waals surface area contributed by atoms with Gasteiger partial charge in [0.1, 0.15) is 0 Å². The van der Waals surface area contributed by atoms with E-state index in [1.54, 1.807) is 0 Å². The van der Waals surface area contributed by atoms with Crippen LogP contribution in [0.4, 0.5) is 0 Å². The molecule has 0 spiro atoms. The number of hydrogen-bond donors (Lipinski definition) is 4. The van der Waals surface area contributed by atoms with E-state index in [1.807, 2.05) is 0 Å². The van der Waals surface area contributed by atoms with Gasteiger partial charge in [-0.3, -0.25) is 0 Å².